The molecule has 0 saturated carbocycles. The predicted molar refractivity (Wildman–Crippen MR) is 104 cm³/mol. The monoisotopic (exact) mass is 405 g/mol. The Morgan fingerprint density at radius 1 is 0.962 bits per heavy atom. The van der Waals surface area contributed by atoms with Gasteiger partial charge in [0, 0.05) is 10.4 Å². The number of anilines is 1. The first-order valence-corrected chi connectivity index (χ1v) is 11.9. The summed E-state index contributed by atoms with van der Waals surface area (Å²) in [5.74, 6) is -0.442. The van der Waals surface area contributed by atoms with Crippen LogP contribution in [0.2, 0.25) is 0 Å². The summed E-state index contributed by atoms with van der Waals surface area (Å²) in [5.41, 5.74) is 1.53. The fraction of sp³-hybridized carbons (Fsp3) is 0.111. The number of rotatable bonds is 4. The topological polar surface area (TPSA) is 80.3 Å². The highest BCUT2D eigenvalue weighted by Gasteiger charge is 2.42. The Hall–Kier alpha value is -2.16. The number of thiophene rings is 1. The van der Waals surface area contributed by atoms with Gasteiger partial charge in [-0.15, -0.1) is 11.3 Å². The second kappa shape index (κ2) is 6.22. The third-order valence-electron chi connectivity index (χ3n) is 4.31. The van der Waals surface area contributed by atoms with E-state index in [1.807, 2.05) is 29.6 Å². The van der Waals surface area contributed by atoms with Gasteiger partial charge in [0.05, 0.1) is 16.3 Å². The molecular weight excluding hydrogens is 390 g/mol. The number of sulfonamides is 1. The van der Waals surface area contributed by atoms with E-state index in [-0.39, 0.29) is 4.90 Å². The Labute approximate surface area is 156 Å². The van der Waals surface area contributed by atoms with Crippen molar-refractivity contribution in [1.82, 2.24) is 0 Å². The maximum absolute atomic E-state index is 13.0. The molecule has 0 unspecified atom stereocenters. The van der Waals surface area contributed by atoms with Crippen LogP contribution < -0.4 is 4.72 Å². The average Bonchev–Trinajstić information content (AvgIpc) is 3.23. The molecule has 5 nitrogen and oxygen atoms in total. The van der Waals surface area contributed by atoms with Crippen LogP contribution in [0.15, 0.2) is 70.9 Å². The summed E-state index contributed by atoms with van der Waals surface area (Å²) in [5, 5.41) is 0.792. The van der Waals surface area contributed by atoms with E-state index in [9.17, 15) is 16.8 Å². The molecule has 1 atom stereocenters. The molecule has 2 aromatic carbocycles. The molecule has 1 aromatic heterocycles. The van der Waals surface area contributed by atoms with Crippen LogP contribution in [-0.2, 0) is 19.9 Å². The molecule has 0 bridgehead atoms. The SMILES string of the molecule is O=S1(=O)C[C@H](S(=O)(=O)Nc2ccccc2-c2cccs2)c2ccccc21. The van der Waals surface area contributed by atoms with Crippen molar-refractivity contribution in [3.05, 3.63) is 71.6 Å². The summed E-state index contributed by atoms with van der Waals surface area (Å²) < 4.78 is 53.3. The van der Waals surface area contributed by atoms with Crippen molar-refractivity contribution >= 4 is 36.9 Å². The lowest BCUT2D eigenvalue weighted by Gasteiger charge is -2.16. The van der Waals surface area contributed by atoms with Crippen LogP contribution in [0.25, 0.3) is 10.4 Å². The van der Waals surface area contributed by atoms with Gasteiger partial charge < -0.3 is 0 Å². The number of para-hydroxylation sites is 1. The van der Waals surface area contributed by atoms with E-state index in [1.165, 1.54) is 17.4 Å². The fourth-order valence-corrected chi connectivity index (χ4v) is 7.98. The molecule has 1 aliphatic rings. The van der Waals surface area contributed by atoms with Crippen molar-refractivity contribution in [2.75, 3.05) is 10.5 Å². The molecule has 2 heterocycles. The molecule has 0 amide bonds. The maximum Gasteiger partial charge on any atom is 0.240 e. The zero-order valence-corrected chi connectivity index (χ0v) is 15.9. The highest BCUT2D eigenvalue weighted by Crippen LogP contribution is 2.40. The second-order valence-electron chi connectivity index (χ2n) is 5.98. The third-order valence-corrected chi connectivity index (χ3v) is 8.91. The molecule has 0 radical (unpaired) electrons. The number of fused-ring (bicyclic) bond motifs is 1. The fourth-order valence-electron chi connectivity index (χ4n) is 3.11. The summed E-state index contributed by atoms with van der Waals surface area (Å²) in [7, 11) is -7.54. The van der Waals surface area contributed by atoms with Gasteiger partial charge in [0.2, 0.25) is 10.0 Å². The molecular formula is C18H15NO4S3. The molecule has 0 saturated heterocycles. The van der Waals surface area contributed by atoms with E-state index in [1.54, 1.807) is 30.3 Å². The Bertz CT molecular complexity index is 1170. The number of hydrogen-bond donors (Lipinski definition) is 1. The quantitative estimate of drug-likeness (QED) is 0.718. The van der Waals surface area contributed by atoms with Crippen molar-refractivity contribution < 1.29 is 16.8 Å². The minimum atomic E-state index is -3.94. The highest BCUT2D eigenvalue weighted by atomic mass is 32.2. The normalized spacial score (nSPS) is 18.4. The summed E-state index contributed by atoms with van der Waals surface area (Å²) in [6.07, 6.45) is 0. The van der Waals surface area contributed by atoms with Gasteiger partial charge in [-0.2, -0.15) is 0 Å². The van der Waals surface area contributed by atoms with E-state index in [0.717, 1.165) is 10.4 Å². The van der Waals surface area contributed by atoms with E-state index in [2.05, 4.69) is 4.72 Å². The zero-order valence-electron chi connectivity index (χ0n) is 13.5. The highest BCUT2D eigenvalue weighted by molar-refractivity contribution is 7.96. The molecule has 8 heteroatoms. The van der Waals surface area contributed by atoms with Crippen molar-refractivity contribution in [3.8, 4) is 10.4 Å². The molecule has 26 heavy (non-hydrogen) atoms. The van der Waals surface area contributed by atoms with Crippen LogP contribution in [0.1, 0.15) is 10.8 Å². The van der Waals surface area contributed by atoms with Gasteiger partial charge >= 0.3 is 0 Å². The van der Waals surface area contributed by atoms with Crippen LogP contribution in [0.4, 0.5) is 5.69 Å². The van der Waals surface area contributed by atoms with Crippen molar-refractivity contribution in [1.29, 1.82) is 0 Å². The average molecular weight is 406 g/mol. The third kappa shape index (κ3) is 2.94. The smallest absolute Gasteiger partial charge is 0.240 e. The summed E-state index contributed by atoms with van der Waals surface area (Å²) in [6, 6.07) is 17.2. The lowest BCUT2D eigenvalue weighted by Crippen LogP contribution is -2.23. The lowest BCUT2D eigenvalue weighted by molar-refractivity contribution is 0.586. The summed E-state index contributed by atoms with van der Waals surface area (Å²) in [6.45, 7) is 0. The van der Waals surface area contributed by atoms with E-state index in [0.29, 0.717) is 11.3 Å². The van der Waals surface area contributed by atoms with Crippen molar-refractivity contribution in [3.63, 3.8) is 0 Å². The molecule has 4 rings (SSSR count). The molecule has 0 spiro atoms. The maximum atomic E-state index is 13.0. The van der Waals surface area contributed by atoms with Gasteiger partial charge in [-0.3, -0.25) is 4.72 Å². The standard InChI is InChI=1S/C18H15NO4S3/c20-25(21)12-18(14-7-2-4-10-17(14)25)26(22,23)19-15-8-3-1-6-13(15)16-9-5-11-24-16/h1-11,18-19H,12H2/t18-/m0/s1. The predicted octanol–water partition coefficient (Wildman–Crippen LogP) is 3.69. The molecule has 1 aliphatic heterocycles. The Kier molecular flexibility index (Phi) is 4.13. The molecule has 1 N–H and O–H groups in total. The number of hydrogen-bond acceptors (Lipinski definition) is 5. The summed E-state index contributed by atoms with van der Waals surface area (Å²) >= 11 is 1.51. The van der Waals surface area contributed by atoms with Gasteiger partial charge in [-0.1, -0.05) is 42.5 Å². The zero-order chi connectivity index (χ0) is 18.4. The molecule has 0 aliphatic carbocycles. The van der Waals surface area contributed by atoms with Gasteiger partial charge in [-0.25, -0.2) is 16.8 Å². The van der Waals surface area contributed by atoms with E-state index in [4.69, 9.17) is 0 Å². The van der Waals surface area contributed by atoms with Crippen LogP contribution in [0, 0.1) is 0 Å². The Morgan fingerprint density at radius 2 is 1.69 bits per heavy atom. The van der Waals surface area contributed by atoms with Crippen LogP contribution in [0.5, 0.6) is 0 Å². The lowest BCUT2D eigenvalue weighted by atomic mass is 10.1. The van der Waals surface area contributed by atoms with Crippen LogP contribution in [0.3, 0.4) is 0 Å². The van der Waals surface area contributed by atoms with Gasteiger partial charge in [0.1, 0.15) is 5.25 Å². The van der Waals surface area contributed by atoms with Crippen LogP contribution >= 0.6 is 11.3 Å². The van der Waals surface area contributed by atoms with Gasteiger partial charge in [-0.05, 0) is 29.1 Å². The number of sulfone groups is 1. The van der Waals surface area contributed by atoms with Gasteiger partial charge in [0.25, 0.3) is 0 Å². The first-order valence-electron chi connectivity index (χ1n) is 7.85. The van der Waals surface area contributed by atoms with Crippen molar-refractivity contribution in [2.24, 2.45) is 0 Å². The van der Waals surface area contributed by atoms with Crippen LogP contribution in [-0.4, -0.2) is 22.6 Å². The molecule has 0 fully saturated rings. The van der Waals surface area contributed by atoms with Crippen molar-refractivity contribution in [2.45, 2.75) is 10.1 Å². The second-order valence-corrected chi connectivity index (χ2v) is 10.8. The summed E-state index contributed by atoms with van der Waals surface area (Å²) in [4.78, 5) is 1.03. The van der Waals surface area contributed by atoms with Gasteiger partial charge in [0.15, 0.2) is 9.84 Å². The van der Waals surface area contributed by atoms with E-state index >= 15 is 0 Å². The Morgan fingerprint density at radius 3 is 2.46 bits per heavy atom. The number of nitrogens with one attached hydrogen (secondary N) is 1. The minimum Gasteiger partial charge on any atom is -0.282 e. The minimum absolute atomic E-state index is 0.0990. The largest absolute Gasteiger partial charge is 0.282 e. The molecule has 3 aromatic rings. The molecule has 134 valence electrons. The van der Waals surface area contributed by atoms with E-state index < -0.39 is 30.9 Å². The first-order chi connectivity index (χ1) is 12.4. The first kappa shape index (κ1) is 17.3. The number of benzene rings is 2. The Balaban J connectivity index is 1.75.